The summed E-state index contributed by atoms with van der Waals surface area (Å²) in [5.74, 6) is -0.344. The Hall–Kier alpha value is -2.08. The first kappa shape index (κ1) is 13.4. The predicted molar refractivity (Wildman–Crippen MR) is 72.9 cm³/mol. The number of urea groups is 1. The van der Waals surface area contributed by atoms with Crippen molar-refractivity contribution in [2.24, 2.45) is 5.73 Å². The first-order valence-corrected chi connectivity index (χ1v) is 6.20. The van der Waals surface area contributed by atoms with Gasteiger partial charge in [-0.1, -0.05) is 18.2 Å². The van der Waals surface area contributed by atoms with Crippen LogP contribution in [0.4, 0.5) is 10.5 Å². The summed E-state index contributed by atoms with van der Waals surface area (Å²) < 4.78 is 0. The highest BCUT2D eigenvalue weighted by Crippen LogP contribution is 2.25. The number of carbonyl (C=O) groups is 2. The lowest BCUT2D eigenvalue weighted by Gasteiger charge is -2.34. The molecule has 0 spiro atoms. The van der Waals surface area contributed by atoms with Crippen LogP contribution in [0.5, 0.6) is 0 Å². The lowest BCUT2D eigenvalue weighted by Crippen LogP contribution is -2.49. The van der Waals surface area contributed by atoms with Gasteiger partial charge in [0.15, 0.2) is 0 Å². The summed E-state index contributed by atoms with van der Waals surface area (Å²) in [5.41, 5.74) is 8.13. The van der Waals surface area contributed by atoms with Gasteiger partial charge in [-0.25, -0.2) is 4.79 Å². The molecule has 0 radical (unpaired) electrons. The highest BCUT2D eigenvalue weighted by molar-refractivity contribution is 5.96. The summed E-state index contributed by atoms with van der Waals surface area (Å²) >= 11 is 0. The molecule has 2 rings (SSSR count). The predicted octanol–water partition coefficient (Wildman–Crippen LogP) is -0.168. The average molecular weight is 262 g/mol. The van der Waals surface area contributed by atoms with Gasteiger partial charge in [0.2, 0.25) is 5.91 Å². The maximum atomic E-state index is 11.7. The topological polar surface area (TPSA) is 87.5 Å². The number of nitrogens with one attached hydrogen (secondary N) is 2. The summed E-state index contributed by atoms with van der Waals surface area (Å²) in [6.45, 7) is 0.732. The minimum Gasteiger partial charge on any atom is -0.360 e. The van der Waals surface area contributed by atoms with E-state index in [9.17, 15) is 9.59 Å². The molecule has 1 unspecified atom stereocenters. The van der Waals surface area contributed by atoms with Crippen molar-refractivity contribution in [1.82, 2.24) is 10.6 Å². The molecular formula is C13H18N4O2. The molecule has 6 nitrogen and oxygen atoms in total. The van der Waals surface area contributed by atoms with Crippen LogP contribution in [0, 0.1) is 0 Å². The van der Waals surface area contributed by atoms with E-state index in [0.29, 0.717) is 6.54 Å². The Labute approximate surface area is 112 Å². The van der Waals surface area contributed by atoms with Gasteiger partial charge in [0.1, 0.15) is 0 Å². The number of carbonyl (C=O) groups excluding carboxylic acids is 2. The normalized spacial score (nSPS) is 17.6. The zero-order valence-electron chi connectivity index (χ0n) is 10.8. The molecule has 1 heterocycles. The van der Waals surface area contributed by atoms with Gasteiger partial charge in [-0.2, -0.15) is 0 Å². The second kappa shape index (κ2) is 5.71. The Balaban J connectivity index is 2.08. The van der Waals surface area contributed by atoms with Gasteiger partial charge >= 0.3 is 6.03 Å². The lowest BCUT2D eigenvalue weighted by atomic mass is 9.98. The van der Waals surface area contributed by atoms with Crippen molar-refractivity contribution in [1.29, 1.82) is 0 Å². The first-order valence-electron chi connectivity index (χ1n) is 6.20. The number of rotatable bonds is 2. The molecule has 6 heteroatoms. The van der Waals surface area contributed by atoms with Gasteiger partial charge in [-0.05, 0) is 18.1 Å². The third kappa shape index (κ3) is 3.23. The molecule has 3 amide bonds. The smallest absolute Gasteiger partial charge is 0.321 e. The first-order chi connectivity index (χ1) is 9.10. The fourth-order valence-corrected chi connectivity index (χ4v) is 2.27. The third-order valence-electron chi connectivity index (χ3n) is 3.08. The van der Waals surface area contributed by atoms with Crippen molar-refractivity contribution in [3.8, 4) is 0 Å². The van der Waals surface area contributed by atoms with Crippen LogP contribution in [-0.4, -0.2) is 38.1 Å². The molecular weight excluding hydrogens is 244 g/mol. The minimum atomic E-state index is -0.500. The Morgan fingerprint density at radius 1 is 1.42 bits per heavy atom. The number of hydrogen-bond donors (Lipinski definition) is 3. The molecule has 4 N–H and O–H groups in total. The summed E-state index contributed by atoms with van der Waals surface area (Å²) in [6.07, 6.45) is 0.809. The van der Waals surface area contributed by atoms with E-state index in [0.717, 1.165) is 17.7 Å². The number of imide groups is 1. The van der Waals surface area contributed by atoms with Crippen molar-refractivity contribution in [2.75, 3.05) is 25.0 Å². The van der Waals surface area contributed by atoms with Crippen LogP contribution in [0.15, 0.2) is 24.3 Å². The van der Waals surface area contributed by atoms with Crippen LogP contribution in [0.2, 0.25) is 0 Å². The van der Waals surface area contributed by atoms with Crippen LogP contribution >= 0.6 is 0 Å². The van der Waals surface area contributed by atoms with E-state index in [-0.39, 0.29) is 18.5 Å². The molecule has 1 atom stereocenters. The van der Waals surface area contributed by atoms with Crippen molar-refractivity contribution in [3.05, 3.63) is 29.8 Å². The zero-order chi connectivity index (χ0) is 13.8. The molecule has 19 heavy (non-hydrogen) atoms. The van der Waals surface area contributed by atoms with Crippen molar-refractivity contribution in [2.45, 2.75) is 12.5 Å². The molecule has 1 aliphatic rings. The molecule has 102 valence electrons. The second-order valence-corrected chi connectivity index (χ2v) is 4.60. The van der Waals surface area contributed by atoms with Gasteiger partial charge in [-0.3, -0.25) is 10.1 Å². The fourth-order valence-electron chi connectivity index (χ4n) is 2.27. The monoisotopic (exact) mass is 262 g/mol. The SMILES string of the molecule is CNC(=O)NC(=O)CN1CC(N)Cc2ccccc21. The fraction of sp³-hybridized carbons (Fsp3) is 0.385. The number of amides is 3. The highest BCUT2D eigenvalue weighted by Gasteiger charge is 2.23. The van der Waals surface area contributed by atoms with Crippen LogP contribution in [0.25, 0.3) is 0 Å². The van der Waals surface area contributed by atoms with Crippen molar-refractivity contribution in [3.63, 3.8) is 0 Å². The standard InChI is InChI=1S/C13H18N4O2/c1-15-13(19)16-12(18)8-17-7-10(14)6-9-4-2-3-5-11(9)17/h2-5,10H,6-8,14H2,1H3,(H2,15,16,18,19). The maximum absolute atomic E-state index is 11.7. The van der Waals surface area contributed by atoms with Crippen LogP contribution in [0.3, 0.4) is 0 Å². The molecule has 0 fully saturated rings. The minimum absolute atomic E-state index is 0.00250. The van der Waals surface area contributed by atoms with E-state index in [1.54, 1.807) is 0 Å². The van der Waals surface area contributed by atoms with E-state index in [2.05, 4.69) is 10.6 Å². The van der Waals surface area contributed by atoms with Crippen molar-refractivity contribution >= 4 is 17.6 Å². The average Bonchev–Trinajstić information content (AvgIpc) is 2.38. The van der Waals surface area contributed by atoms with E-state index < -0.39 is 6.03 Å². The van der Waals surface area contributed by atoms with E-state index >= 15 is 0 Å². The number of nitrogens with two attached hydrogens (primary N) is 1. The lowest BCUT2D eigenvalue weighted by molar-refractivity contribution is -0.118. The molecule has 0 aliphatic carbocycles. The van der Waals surface area contributed by atoms with Gasteiger partial charge in [-0.15, -0.1) is 0 Å². The van der Waals surface area contributed by atoms with Crippen LogP contribution < -0.4 is 21.3 Å². The third-order valence-corrected chi connectivity index (χ3v) is 3.08. The van der Waals surface area contributed by atoms with Gasteiger partial charge in [0.25, 0.3) is 0 Å². The van der Waals surface area contributed by atoms with Gasteiger partial charge in [0, 0.05) is 25.3 Å². The van der Waals surface area contributed by atoms with Gasteiger partial charge in [0.05, 0.1) is 6.54 Å². The van der Waals surface area contributed by atoms with E-state index in [1.807, 2.05) is 29.2 Å². The summed E-state index contributed by atoms with van der Waals surface area (Å²) in [5, 5.41) is 4.60. The molecule has 0 bridgehead atoms. The Morgan fingerprint density at radius 2 is 2.16 bits per heavy atom. The molecule has 0 saturated heterocycles. The number of para-hydroxylation sites is 1. The Bertz CT molecular complexity index is 489. The molecule has 1 aliphatic heterocycles. The van der Waals surface area contributed by atoms with Crippen LogP contribution in [-0.2, 0) is 11.2 Å². The quantitative estimate of drug-likeness (QED) is 0.690. The molecule has 1 aromatic rings. The Kier molecular flexibility index (Phi) is 4.01. The maximum Gasteiger partial charge on any atom is 0.321 e. The largest absolute Gasteiger partial charge is 0.360 e. The second-order valence-electron chi connectivity index (χ2n) is 4.60. The summed E-state index contributed by atoms with van der Waals surface area (Å²) in [6, 6.07) is 7.37. The Morgan fingerprint density at radius 3 is 2.89 bits per heavy atom. The number of anilines is 1. The summed E-state index contributed by atoms with van der Waals surface area (Å²) in [7, 11) is 1.47. The number of benzene rings is 1. The zero-order valence-corrected chi connectivity index (χ0v) is 10.8. The number of fused-ring (bicyclic) bond motifs is 1. The number of hydrogen-bond acceptors (Lipinski definition) is 4. The highest BCUT2D eigenvalue weighted by atomic mass is 16.2. The molecule has 0 aromatic heterocycles. The summed E-state index contributed by atoms with van der Waals surface area (Å²) in [4.78, 5) is 24.7. The van der Waals surface area contributed by atoms with E-state index in [1.165, 1.54) is 7.05 Å². The number of nitrogens with zero attached hydrogens (tertiary/aromatic N) is 1. The van der Waals surface area contributed by atoms with Crippen molar-refractivity contribution < 1.29 is 9.59 Å². The molecule has 0 saturated carbocycles. The molecule has 1 aromatic carbocycles. The van der Waals surface area contributed by atoms with Crippen LogP contribution in [0.1, 0.15) is 5.56 Å². The van der Waals surface area contributed by atoms with E-state index in [4.69, 9.17) is 5.73 Å². The van der Waals surface area contributed by atoms with Gasteiger partial charge < -0.3 is 16.0 Å².